The third-order valence-electron chi connectivity index (χ3n) is 4.64. The van der Waals surface area contributed by atoms with E-state index in [-0.39, 0.29) is 6.10 Å². The number of nitrogens with zero attached hydrogens (tertiary/aromatic N) is 3. The molecular weight excluding hydrogens is 392 g/mol. The molecule has 1 aromatic heterocycles. The molecule has 1 heterocycles. The second-order valence-electron chi connectivity index (χ2n) is 7.35. The van der Waals surface area contributed by atoms with Gasteiger partial charge in [0.15, 0.2) is 0 Å². The SMILES string of the molecule is [C-]#[N+]c1cc(-c2nnc(-c3ccc(OCCCNC)cc3CC)o2)ccc1OC(C)C. The van der Waals surface area contributed by atoms with E-state index in [1.165, 1.54) is 0 Å². The Morgan fingerprint density at radius 3 is 2.65 bits per heavy atom. The minimum absolute atomic E-state index is 0.0101. The Labute approximate surface area is 183 Å². The normalized spacial score (nSPS) is 10.8. The van der Waals surface area contributed by atoms with Gasteiger partial charge in [0.05, 0.1) is 19.3 Å². The molecule has 7 nitrogen and oxygen atoms in total. The van der Waals surface area contributed by atoms with E-state index >= 15 is 0 Å². The highest BCUT2D eigenvalue weighted by Gasteiger charge is 2.16. The maximum atomic E-state index is 7.44. The van der Waals surface area contributed by atoms with Crippen LogP contribution in [0.3, 0.4) is 0 Å². The molecule has 0 atom stereocenters. The van der Waals surface area contributed by atoms with E-state index in [0.29, 0.717) is 35.4 Å². The molecule has 0 amide bonds. The fraction of sp³-hybridized carbons (Fsp3) is 0.375. The van der Waals surface area contributed by atoms with E-state index in [2.05, 4.69) is 27.3 Å². The highest BCUT2D eigenvalue weighted by atomic mass is 16.5. The summed E-state index contributed by atoms with van der Waals surface area (Å²) in [5.74, 6) is 2.19. The maximum Gasteiger partial charge on any atom is 0.248 e. The first-order valence-electron chi connectivity index (χ1n) is 10.5. The highest BCUT2D eigenvalue weighted by Crippen LogP contribution is 2.35. The van der Waals surface area contributed by atoms with Crippen LogP contribution < -0.4 is 14.8 Å². The molecule has 0 aliphatic carbocycles. The maximum absolute atomic E-state index is 7.44. The molecule has 0 saturated heterocycles. The van der Waals surface area contributed by atoms with Crippen molar-refractivity contribution in [1.29, 1.82) is 0 Å². The molecule has 3 rings (SSSR count). The summed E-state index contributed by atoms with van der Waals surface area (Å²) in [7, 11) is 1.93. The molecule has 7 heteroatoms. The Bertz CT molecular complexity index is 1050. The molecule has 3 aromatic rings. The standard InChI is InChI=1S/C24H28N4O3/c1-6-17-14-19(29-13-7-12-25-4)9-10-20(17)24-28-27-23(31-24)18-8-11-22(30-16(2)3)21(15-18)26-5/h8-11,14-16,25H,6-7,12-13H2,1-4H3. The fourth-order valence-electron chi connectivity index (χ4n) is 3.14. The summed E-state index contributed by atoms with van der Waals surface area (Å²) in [6.45, 7) is 14.9. The van der Waals surface area contributed by atoms with E-state index in [1.807, 2.05) is 45.2 Å². The van der Waals surface area contributed by atoms with Crippen molar-refractivity contribution < 1.29 is 13.9 Å². The zero-order valence-corrected chi connectivity index (χ0v) is 18.4. The Kier molecular flexibility index (Phi) is 7.63. The summed E-state index contributed by atoms with van der Waals surface area (Å²) < 4.78 is 17.5. The van der Waals surface area contributed by atoms with Crippen LogP contribution in [0.4, 0.5) is 5.69 Å². The molecule has 2 aromatic carbocycles. The van der Waals surface area contributed by atoms with Crippen molar-refractivity contribution in [3.63, 3.8) is 0 Å². The van der Waals surface area contributed by atoms with Crippen LogP contribution in [0.1, 0.15) is 32.8 Å². The van der Waals surface area contributed by atoms with Gasteiger partial charge in [-0.1, -0.05) is 6.92 Å². The third kappa shape index (κ3) is 5.62. The van der Waals surface area contributed by atoms with Crippen LogP contribution in [0.25, 0.3) is 27.8 Å². The Morgan fingerprint density at radius 1 is 1.13 bits per heavy atom. The van der Waals surface area contributed by atoms with Crippen molar-refractivity contribution in [2.45, 2.75) is 39.7 Å². The van der Waals surface area contributed by atoms with E-state index in [1.54, 1.807) is 12.1 Å². The van der Waals surface area contributed by atoms with Gasteiger partial charge in [0.25, 0.3) is 0 Å². The second kappa shape index (κ2) is 10.6. The predicted octanol–water partition coefficient (Wildman–Crippen LogP) is 5.29. The third-order valence-corrected chi connectivity index (χ3v) is 4.64. The van der Waals surface area contributed by atoms with Crippen LogP contribution >= 0.6 is 0 Å². The average Bonchev–Trinajstić information content (AvgIpc) is 3.26. The molecule has 0 aliphatic rings. The fourth-order valence-corrected chi connectivity index (χ4v) is 3.14. The Hall–Kier alpha value is -3.37. The molecule has 0 spiro atoms. The number of hydrogen-bond donors (Lipinski definition) is 1. The molecule has 162 valence electrons. The van der Waals surface area contributed by atoms with Crippen LogP contribution in [0, 0.1) is 6.57 Å². The number of rotatable bonds is 10. The lowest BCUT2D eigenvalue weighted by molar-refractivity contribution is 0.244. The van der Waals surface area contributed by atoms with E-state index in [0.717, 1.165) is 36.3 Å². The highest BCUT2D eigenvalue weighted by molar-refractivity contribution is 5.69. The van der Waals surface area contributed by atoms with E-state index < -0.39 is 0 Å². The number of hydrogen-bond acceptors (Lipinski definition) is 6. The van der Waals surface area contributed by atoms with Gasteiger partial charge < -0.3 is 19.2 Å². The molecular formula is C24H28N4O3. The van der Waals surface area contributed by atoms with Crippen molar-refractivity contribution >= 4 is 5.69 Å². The van der Waals surface area contributed by atoms with Crippen molar-refractivity contribution in [2.75, 3.05) is 20.2 Å². The number of benzene rings is 2. The number of aromatic nitrogens is 2. The second-order valence-corrected chi connectivity index (χ2v) is 7.35. The first kappa shape index (κ1) is 22.3. The summed E-state index contributed by atoms with van der Waals surface area (Å²) >= 11 is 0. The van der Waals surface area contributed by atoms with Crippen molar-refractivity contribution in [3.8, 4) is 34.4 Å². The number of aryl methyl sites for hydroxylation is 1. The first-order valence-corrected chi connectivity index (χ1v) is 10.5. The number of ether oxygens (including phenoxy) is 2. The lowest BCUT2D eigenvalue weighted by Gasteiger charge is -2.11. The van der Waals surface area contributed by atoms with Gasteiger partial charge in [0.2, 0.25) is 17.5 Å². The largest absolute Gasteiger partial charge is 0.502 e. The van der Waals surface area contributed by atoms with Crippen LogP contribution in [0.2, 0.25) is 0 Å². The summed E-state index contributed by atoms with van der Waals surface area (Å²) in [5.41, 5.74) is 3.06. The first-order chi connectivity index (χ1) is 15.0. The summed E-state index contributed by atoms with van der Waals surface area (Å²) in [6.07, 6.45) is 1.74. The van der Waals surface area contributed by atoms with Gasteiger partial charge >= 0.3 is 0 Å². The van der Waals surface area contributed by atoms with Crippen molar-refractivity contribution in [2.24, 2.45) is 0 Å². The molecule has 0 radical (unpaired) electrons. The van der Waals surface area contributed by atoms with Gasteiger partial charge in [-0.3, -0.25) is 0 Å². The molecule has 0 bridgehead atoms. The van der Waals surface area contributed by atoms with Crippen molar-refractivity contribution in [3.05, 3.63) is 53.4 Å². The van der Waals surface area contributed by atoms with E-state index in [9.17, 15) is 0 Å². The lowest BCUT2D eigenvalue weighted by Crippen LogP contribution is -2.11. The van der Waals surface area contributed by atoms with Crippen molar-refractivity contribution in [1.82, 2.24) is 15.5 Å². The van der Waals surface area contributed by atoms with Crippen LogP contribution in [-0.4, -0.2) is 36.5 Å². The minimum atomic E-state index is -0.0101. The molecule has 1 N–H and O–H groups in total. The van der Waals surface area contributed by atoms with Crippen LogP contribution in [-0.2, 0) is 6.42 Å². The van der Waals surface area contributed by atoms with E-state index in [4.69, 9.17) is 20.5 Å². The number of nitrogens with one attached hydrogen (secondary N) is 1. The Morgan fingerprint density at radius 2 is 1.94 bits per heavy atom. The van der Waals surface area contributed by atoms with Crippen LogP contribution in [0.15, 0.2) is 40.8 Å². The molecule has 0 fully saturated rings. The molecule has 31 heavy (non-hydrogen) atoms. The molecule has 0 aliphatic heterocycles. The zero-order valence-electron chi connectivity index (χ0n) is 18.4. The van der Waals surface area contributed by atoms with Crippen LogP contribution in [0.5, 0.6) is 11.5 Å². The summed E-state index contributed by atoms with van der Waals surface area (Å²) in [4.78, 5) is 3.57. The van der Waals surface area contributed by atoms with Gasteiger partial charge in [-0.15, -0.1) is 10.2 Å². The predicted molar refractivity (Wildman–Crippen MR) is 121 cm³/mol. The summed E-state index contributed by atoms with van der Waals surface area (Å²) in [5, 5.41) is 11.5. The van der Waals surface area contributed by atoms with Gasteiger partial charge in [-0.25, -0.2) is 4.85 Å². The Balaban J connectivity index is 1.82. The minimum Gasteiger partial charge on any atom is -0.502 e. The topological polar surface area (TPSA) is 73.8 Å². The molecule has 0 saturated carbocycles. The lowest BCUT2D eigenvalue weighted by atomic mass is 10.0. The average molecular weight is 421 g/mol. The van der Waals surface area contributed by atoms with Gasteiger partial charge in [0, 0.05) is 11.1 Å². The van der Waals surface area contributed by atoms with Gasteiger partial charge in [0.1, 0.15) is 11.5 Å². The monoisotopic (exact) mass is 420 g/mol. The van der Waals surface area contributed by atoms with Gasteiger partial charge in [-0.2, -0.15) is 0 Å². The quantitative estimate of drug-likeness (QED) is 0.355. The van der Waals surface area contributed by atoms with Gasteiger partial charge in [-0.05, 0) is 82.2 Å². The zero-order chi connectivity index (χ0) is 22.2. The smallest absolute Gasteiger partial charge is 0.248 e. The summed E-state index contributed by atoms with van der Waals surface area (Å²) in [6, 6.07) is 11.2. The molecule has 0 unspecified atom stereocenters.